The molecule has 1 aliphatic rings. The maximum Gasteiger partial charge on any atom is 0.217 e. The van der Waals surface area contributed by atoms with Gasteiger partial charge in [-0.05, 0) is 19.4 Å². The molecule has 15 heavy (non-hydrogen) atoms. The van der Waals surface area contributed by atoms with Crippen molar-refractivity contribution in [1.29, 1.82) is 0 Å². The minimum absolute atomic E-state index is 0.414. The SMILES string of the molecule is Clc1cc(OC[C@H]2CCCCN2)ncn1. The van der Waals surface area contributed by atoms with E-state index in [1.54, 1.807) is 6.07 Å². The van der Waals surface area contributed by atoms with Crippen LogP contribution in [-0.4, -0.2) is 29.2 Å². The Morgan fingerprint density at radius 1 is 1.47 bits per heavy atom. The van der Waals surface area contributed by atoms with Gasteiger partial charge in [0, 0.05) is 12.1 Å². The highest BCUT2D eigenvalue weighted by atomic mass is 35.5. The maximum atomic E-state index is 5.72. The fraction of sp³-hybridized carbons (Fsp3) is 0.600. The molecule has 1 aromatic rings. The molecule has 1 aliphatic heterocycles. The van der Waals surface area contributed by atoms with Gasteiger partial charge in [-0.15, -0.1) is 0 Å². The van der Waals surface area contributed by atoms with Gasteiger partial charge in [-0.2, -0.15) is 0 Å². The Balaban J connectivity index is 1.81. The fourth-order valence-electron chi connectivity index (χ4n) is 1.65. The average molecular weight is 228 g/mol. The summed E-state index contributed by atoms with van der Waals surface area (Å²) in [5.74, 6) is 0.544. The summed E-state index contributed by atoms with van der Waals surface area (Å²) in [7, 11) is 0. The van der Waals surface area contributed by atoms with Gasteiger partial charge in [0.15, 0.2) is 0 Å². The van der Waals surface area contributed by atoms with Crippen molar-refractivity contribution >= 4 is 11.6 Å². The molecule has 82 valence electrons. The topological polar surface area (TPSA) is 47.0 Å². The summed E-state index contributed by atoms with van der Waals surface area (Å²) in [6, 6.07) is 2.07. The first-order chi connectivity index (χ1) is 7.34. The second kappa shape index (κ2) is 5.28. The van der Waals surface area contributed by atoms with Crippen LogP contribution in [0.25, 0.3) is 0 Å². The summed E-state index contributed by atoms with van der Waals surface area (Å²) >= 11 is 5.72. The smallest absolute Gasteiger partial charge is 0.217 e. The Morgan fingerprint density at radius 3 is 3.13 bits per heavy atom. The van der Waals surface area contributed by atoms with E-state index in [0.29, 0.717) is 23.7 Å². The molecular formula is C10H14ClN3O. The number of rotatable bonds is 3. The molecule has 0 saturated carbocycles. The van der Waals surface area contributed by atoms with Gasteiger partial charge in [0.2, 0.25) is 5.88 Å². The molecule has 0 bridgehead atoms. The zero-order chi connectivity index (χ0) is 10.5. The summed E-state index contributed by atoms with van der Waals surface area (Å²) in [4.78, 5) is 7.77. The molecule has 1 aromatic heterocycles. The zero-order valence-corrected chi connectivity index (χ0v) is 9.20. The summed E-state index contributed by atoms with van der Waals surface area (Å²) in [6.45, 7) is 1.73. The zero-order valence-electron chi connectivity index (χ0n) is 8.45. The summed E-state index contributed by atoms with van der Waals surface area (Å²) < 4.78 is 5.53. The number of piperidine rings is 1. The number of hydrogen-bond donors (Lipinski definition) is 1. The third-order valence-electron chi connectivity index (χ3n) is 2.45. The van der Waals surface area contributed by atoms with Crippen LogP contribution in [0.15, 0.2) is 12.4 Å². The van der Waals surface area contributed by atoms with Crippen LogP contribution >= 0.6 is 11.6 Å². The number of ether oxygens (including phenoxy) is 1. The van der Waals surface area contributed by atoms with Crippen molar-refractivity contribution in [2.45, 2.75) is 25.3 Å². The van der Waals surface area contributed by atoms with Crippen molar-refractivity contribution in [1.82, 2.24) is 15.3 Å². The lowest BCUT2D eigenvalue weighted by Gasteiger charge is -2.23. The molecule has 2 heterocycles. The van der Waals surface area contributed by atoms with Crippen molar-refractivity contribution in [3.05, 3.63) is 17.5 Å². The van der Waals surface area contributed by atoms with Crippen LogP contribution in [0, 0.1) is 0 Å². The number of aromatic nitrogens is 2. The van der Waals surface area contributed by atoms with E-state index in [4.69, 9.17) is 16.3 Å². The second-order valence-electron chi connectivity index (χ2n) is 3.64. The van der Waals surface area contributed by atoms with Gasteiger partial charge in [-0.25, -0.2) is 9.97 Å². The highest BCUT2D eigenvalue weighted by Gasteiger charge is 2.13. The predicted molar refractivity (Wildman–Crippen MR) is 58.2 cm³/mol. The first-order valence-corrected chi connectivity index (χ1v) is 5.56. The van der Waals surface area contributed by atoms with E-state index in [1.807, 2.05) is 0 Å². The highest BCUT2D eigenvalue weighted by Crippen LogP contribution is 2.13. The van der Waals surface area contributed by atoms with Crippen LogP contribution in [0.5, 0.6) is 5.88 Å². The first kappa shape index (κ1) is 10.6. The number of nitrogens with one attached hydrogen (secondary N) is 1. The van der Waals surface area contributed by atoms with Gasteiger partial charge in [-0.3, -0.25) is 0 Å². The van der Waals surface area contributed by atoms with E-state index in [1.165, 1.54) is 25.6 Å². The van der Waals surface area contributed by atoms with Gasteiger partial charge >= 0.3 is 0 Å². The quantitative estimate of drug-likeness (QED) is 0.798. The van der Waals surface area contributed by atoms with Gasteiger partial charge in [-0.1, -0.05) is 18.0 Å². The molecule has 0 aliphatic carbocycles. The van der Waals surface area contributed by atoms with Crippen LogP contribution in [0.3, 0.4) is 0 Å². The molecule has 1 saturated heterocycles. The maximum absolute atomic E-state index is 5.72. The van der Waals surface area contributed by atoms with Crippen LogP contribution in [0.2, 0.25) is 5.15 Å². The Labute approximate surface area is 94.0 Å². The molecule has 0 amide bonds. The van der Waals surface area contributed by atoms with E-state index >= 15 is 0 Å². The summed E-state index contributed by atoms with van der Waals surface area (Å²) in [5, 5.41) is 3.82. The van der Waals surface area contributed by atoms with Crippen molar-refractivity contribution < 1.29 is 4.74 Å². The van der Waals surface area contributed by atoms with E-state index in [9.17, 15) is 0 Å². The van der Waals surface area contributed by atoms with E-state index in [0.717, 1.165) is 6.54 Å². The third kappa shape index (κ3) is 3.32. The molecule has 1 N–H and O–H groups in total. The summed E-state index contributed by atoms with van der Waals surface area (Å²) in [6.07, 6.45) is 5.10. The lowest BCUT2D eigenvalue weighted by Crippen LogP contribution is -2.38. The number of nitrogens with zero attached hydrogens (tertiary/aromatic N) is 2. The standard InChI is InChI=1S/C10H14ClN3O/c11-9-5-10(14-7-13-9)15-6-8-3-1-2-4-12-8/h5,7-8,12H,1-4,6H2/t8-/m1/s1. The van der Waals surface area contributed by atoms with Crippen LogP contribution in [0.1, 0.15) is 19.3 Å². The molecular weight excluding hydrogens is 214 g/mol. The summed E-state index contributed by atoms with van der Waals surface area (Å²) in [5.41, 5.74) is 0. The molecule has 2 rings (SSSR count). The predicted octanol–water partition coefficient (Wildman–Crippen LogP) is 1.65. The van der Waals surface area contributed by atoms with Crippen molar-refractivity contribution in [3.8, 4) is 5.88 Å². The van der Waals surface area contributed by atoms with Crippen LogP contribution in [-0.2, 0) is 0 Å². The van der Waals surface area contributed by atoms with E-state index < -0.39 is 0 Å². The Hall–Kier alpha value is -0.870. The van der Waals surface area contributed by atoms with Crippen molar-refractivity contribution in [2.75, 3.05) is 13.2 Å². The molecule has 1 atom stereocenters. The monoisotopic (exact) mass is 227 g/mol. The normalized spacial score (nSPS) is 21.3. The molecule has 4 nitrogen and oxygen atoms in total. The van der Waals surface area contributed by atoms with E-state index in [2.05, 4.69) is 15.3 Å². The number of halogens is 1. The fourth-order valence-corrected chi connectivity index (χ4v) is 1.79. The highest BCUT2D eigenvalue weighted by molar-refractivity contribution is 6.29. The van der Waals surface area contributed by atoms with Crippen LogP contribution < -0.4 is 10.1 Å². The van der Waals surface area contributed by atoms with Gasteiger partial charge in [0.1, 0.15) is 18.1 Å². The molecule has 0 aromatic carbocycles. The van der Waals surface area contributed by atoms with Gasteiger partial charge in [0.25, 0.3) is 0 Å². The second-order valence-corrected chi connectivity index (χ2v) is 4.02. The largest absolute Gasteiger partial charge is 0.476 e. The Bertz CT molecular complexity index is 315. The molecule has 1 fully saturated rings. The molecule has 0 unspecified atom stereocenters. The van der Waals surface area contributed by atoms with Crippen molar-refractivity contribution in [3.63, 3.8) is 0 Å². The molecule has 5 heteroatoms. The Morgan fingerprint density at radius 2 is 2.40 bits per heavy atom. The Kier molecular flexibility index (Phi) is 3.75. The molecule has 0 radical (unpaired) electrons. The minimum atomic E-state index is 0.414. The molecule has 0 spiro atoms. The first-order valence-electron chi connectivity index (χ1n) is 5.18. The third-order valence-corrected chi connectivity index (χ3v) is 2.66. The van der Waals surface area contributed by atoms with Gasteiger partial charge < -0.3 is 10.1 Å². The lowest BCUT2D eigenvalue weighted by molar-refractivity contribution is 0.232. The van der Waals surface area contributed by atoms with Crippen molar-refractivity contribution in [2.24, 2.45) is 0 Å². The average Bonchev–Trinajstić information content (AvgIpc) is 2.28. The van der Waals surface area contributed by atoms with Gasteiger partial charge in [0.05, 0.1) is 0 Å². The number of hydrogen-bond acceptors (Lipinski definition) is 4. The van der Waals surface area contributed by atoms with Crippen LogP contribution in [0.4, 0.5) is 0 Å². The van der Waals surface area contributed by atoms with E-state index in [-0.39, 0.29) is 0 Å². The lowest BCUT2D eigenvalue weighted by atomic mass is 10.1. The minimum Gasteiger partial charge on any atom is -0.476 e.